The lowest BCUT2D eigenvalue weighted by molar-refractivity contribution is -0.301. The van der Waals surface area contributed by atoms with Gasteiger partial charge in [-0.1, -0.05) is 251 Å². The SMILES string of the molecule is CCCCCCCC/C=C\CCCCCCCCCCCC(=O)OC1C(OCC(COC(=O)CCCCCCCCC/C=C\CCCCCCCC)OC(=O)CCCCCCCCCCCCC)OC(C(=O)O)C(O)C1O. The fourth-order valence-corrected chi connectivity index (χ4v) is 10.0. The maximum Gasteiger partial charge on any atom is 0.335 e. The van der Waals surface area contributed by atoms with Gasteiger partial charge in [-0.05, 0) is 70.6 Å². The van der Waals surface area contributed by atoms with Gasteiger partial charge in [0.05, 0.1) is 6.61 Å². The third kappa shape index (κ3) is 43.7. The Bertz CT molecular complexity index is 1430. The van der Waals surface area contributed by atoms with Crippen molar-refractivity contribution in [2.75, 3.05) is 13.2 Å². The van der Waals surface area contributed by atoms with Crippen molar-refractivity contribution in [3.05, 3.63) is 24.3 Å². The van der Waals surface area contributed by atoms with Crippen LogP contribution in [0.2, 0.25) is 0 Å². The molecule has 6 atom stereocenters. The number of carbonyl (C=O) groups is 4. The minimum Gasteiger partial charge on any atom is -0.479 e. The second-order valence-corrected chi connectivity index (χ2v) is 22.4. The van der Waals surface area contributed by atoms with Gasteiger partial charge in [0.25, 0.3) is 0 Å². The largest absolute Gasteiger partial charge is 0.479 e. The van der Waals surface area contributed by atoms with E-state index in [0.717, 1.165) is 77.0 Å². The molecule has 1 aliphatic rings. The highest BCUT2D eigenvalue weighted by molar-refractivity contribution is 5.74. The summed E-state index contributed by atoms with van der Waals surface area (Å²) in [6, 6.07) is 0. The molecule has 0 aromatic carbocycles. The van der Waals surface area contributed by atoms with Gasteiger partial charge in [0, 0.05) is 19.3 Å². The fourth-order valence-electron chi connectivity index (χ4n) is 10.0. The van der Waals surface area contributed by atoms with Gasteiger partial charge in [0.2, 0.25) is 0 Å². The topological polar surface area (TPSA) is 175 Å². The summed E-state index contributed by atoms with van der Waals surface area (Å²) < 4.78 is 28.5. The number of carboxylic acids is 1. The standard InChI is InChI=1S/C65H118O12/c1-4-7-10-13-16-19-22-24-26-28-29-31-33-35-38-41-44-47-50-53-59(68)76-63-61(70)60(69)62(64(71)72)77-65(63)74-55-56(75-58(67)52-49-46-43-40-36-21-18-15-12-9-6-3)54-73-57(66)51-48-45-42-39-37-34-32-30-27-25-23-20-17-14-11-8-5-2/h24-27,56,60-63,65,69-70H,4-23,28-55H2,1-3H3,(H,71,72)/b26-24-,27-25-. The lowest BCUT2D eigenvalue weighted by atomic mass is 9.98. The summed E-state index contributed by atoms with van der Waals surface area (Å²) in [6.45, 7) is 6.02. The molecule has 1 fully saturated rings. The van der Waals surface area contributed by atoms with Gasteiger partial charge in [0.15, 0.2) is 24.6 Å². The highest BCUT2D eigenvalue weighted by Crippen LogP contribution is 2.27. The lowest BCUT2D eigenvalue weighted by Gasteiger charge is -2.40. The maximum atomic E-state index is 13.1. The number of carbonyl (C=O) groups excluding carboxylic acids is 3. The summed E-state index contributed by atoms with van der Waals surface area (Å²) >= 11 is 0. The molecule has 0 bridgehead atoms. The second-order valence-electron chi connectivity index (χ2n) is 22.4. The monoisotopic (exact) mass is 1090 g/mol. The average molecular weight is 1090 g/mol. The molecule has 3 N–H and O–H groups in total. The summed E-state index contributed by atoms with van der Waals surface area (Å²) in [7, 11) is 0. The quantitative estimate of drug-likeness (QED) is 0.0228. The van der Waals surface area contributed by atoms with Crippen LogP contribution in [-0.2, 0) is 42.9 Å². The molecular weight excluding hydrogens is 973 g/mol. The zero-order valence-electron chi connectivity index (χ0n) is 49.7. The normalized spacial score (nSPS) is 18.1. The van der Waals surface area contributed by atoms with Crippen LogP contribution in [-0.4, -0.2) is 89.2 Å². The van der Waals surface area contributed by atoms with E-state index in [9.17, 15) is 34.5 Å². The van der Waals surface area contributed by atoms with E-state index in [1.807, 2.05) is 0 Å². The number of allylic oxidation sites excluding steroid dienone is 4. The van der Waals surface area contributed by atoms with Crippen molar-refractivity contribution in [3.63, 3.8) is 0 Å². The second kappa shape index (κ2) is 53.8. The van der Waals surface area contributed by atoms with Crippen molar-refractivity contribution in [2.24, 2.45) is 0 Å². The Balaban J connectivity index is 2.61. The van der Waals surface area contributed by atoms with E-state index in [0.29, 0.717) is 19.3 Å². The number of carboxylic acid groups (broad SMARTS) is 1. The zero-order chi connectivity index (χ0) is 56.1. The third-order valence-corrected chi connectivity index (χ3v) is 15.0. The first-order valence-electron chi connectivity index (χ1n) is 32.3. The number of aliphatic hydroxyl groups excluding tert-OH is 2. The Morgan fingerprint density at radius 3 is 1.10 bits per heavy atom. The van der Waals surface area contributed by atoms with Crippen molar-refractivity contribution in [1.29, 1.82) is 0 Å². The fraction of sp³-hybridized carbons (Fsp3) is 0.877. The first-order chi connectivity index (χ1) is 37.6. The molecule has 1 saturated heterocycles. The van der Waals surface area contributed by atoms with Crippen LogP contribution in [0, 0.1) is 0 Å². The molecule has 1 rings (SSSR count). The molecule has 0 radical (unpaired) electrons. The number of hydrogen-bond donors (Lipinski definition) is 3. The summed E-state index contributed by atoms with van der Waals surface area (Å²) in [4.78, 5) is 51.2. The van der Waals surface area contributed by atoms with Crippen molar-refractivity contribution in [3.8, 4) is 0 Å². The molecular formula is C65H118O12. The Labute approximate surface area is 470 Å². The number of esters is 3. The molecule has 450 valence electrons. The highest BCUT2D eigenvalue weighted by Gasteiger charge is 2.50. The summed E-state index contributed by atoms with van der Waals surface area (Å²) in [5.41, 5.74) is 0. The van der Waals surface area contributed by atoms with Crippen LogP contribution in [0.1, 0.15) is 316 Å². The predicted octanol–water partition coefficient (Wildman–Crippen LogP) is 17.0. The Morgan fingerprint density at radius 1 is 0.416 bits per heavy atom. The first kappa shape index (κ1) is 72.2. The third-order valence-electron chi connectivity index (χ3n) is 15.0. The molecule has 0 saturated carbocycles. The van der Waals surface area contributed by atoms with Crippen LogP contribution in [0.15, 0.2) is 24.3 Å². The van der Waals surface area contributed by atoms with Crippen LogP contribution in [0.4, 0.5) is 0 Å². The molecule has 0 aliphatic carbocycles. The zero-order valence-corrected chi connectivity index (χ0v) is 49.7. The van der Waals surface area contributed by atoms with Crippen molar-refractivity contribution < 1.29 is 58.2 Å². The van der Waals surface area contributed by atoms with E-state index in [4.69, 9.17) is 23.7 Å². The summed E-state index contributed by atoms with van der Waals surface area (Å²) in [5.74, 6) is -3.09. The van der Waals surface area contributed by atoms with Crippen LogP contribution in [0.25, 0.3) is 0 Å². The molecule has 6 unspecified atom stereocenters. The van der Waals surface area contributed by atoms with Gasteiger partial charge in [-0.2, -0.15) is 0 Å². The lowest BCUT2D eigenvalue weighted by Crippen LogP contribution is -2.61. The first-order valence-corrected chi connectivity index (χ1v) is 32.3. The van der Waals surface area contributed by atoms with Crippen molar-refractivity contribution >= 4 is 23.9 Å². The van der Waals surface area contributed by atoms with E-state index in [1.54, 1.807) is 0 Å². The van der Waals surface area contributed by atoms with E-state index in [2.05, 4.69) is 45.1 Å². The number of aliphatic hydroxyl groups is 2. The van der Waals surface area contributed by atoms with E-state index >= 15 is 0 Å². The number of rotatable bonds is 56. The summed E-state index contributed by atoms with van der Waals surface area (Å²) in [5, 5.41) is 31.5. The molecule has 12 heteroatoms. The van der Waals surface area contributed by atoms with Gasteiger partial charge in [-0.25, -0.2) is 4.79 Å². The average Bonchev–Trinajstić information content (AvgIpc) is 3.42. The molecule has 0 aromatic rings. The van der Waals surface area contributed by atoms with E-state index < -0.39 is 67.3 Å². The number of ether oxygens (including phenoxy) is 5. The highest BCUT2D eigenvalue weighted by atomic mass is 16.7. The van der Waals surface area contributed by atoms with Crippen LogP contribution < -0.4 is 0 Å². The van der Waals surface area contributed by atoms with Gasteiger partial charge < -0.3 is 39.0 Å². The Kier molecular flexibility index (Phi) is 50.5. The molecule has 12 nitrogen and oxygen atoms in total. The minimum absolute atomic E-state index is 0.0628. The van der Waals surface area contributed by atoms with Crippen molar-refractivity contribution in [1.82, 2.24) is 0 Å². The smallest absolute Gasteiger partial charge is 0.335 e. The van der Waals surface area contributed by atoms with Crippen molar-refractivity contribution in [2.45, 2.75) is 353 Å². The van der Waals surface area contributed by atoms with Crippen LogP contribution in [0.3, 0.4) is 0 Å². The van der Waals surface area contributed by atoms with E-state index in [-0.39, 0.29) is 25.9 Å². The number of unbranched alkanes of at least 4 members (excludes halogenated alkanes) is 38. The van der Waals surface area contributed by atoms with Gasteiger partial charge in [0.1, 0.15) is 18.8 Å². The maximum absolute atomic E-state index is 13.1. The molecule has 0 spiro atoms. The molecule has 0 aromatic heterocycles. The Morgan fingerprint density at radius 2 is 0.740 bits per heavy atom. The van der Waals surface area contributed by atoms with E-state index in [1.165, 1.54) is 180 Å². The minimum atomic E-state index is -1.90. The molecule has 1 heterocycles. The summed E-state index contributed by atoms with van der Waals surface area (Å²) in [6.07, 6.45) is 50.0. The molecule has 77 heavy (non-hydrogen) atoms. The Hall–Kier alpha value is -2.80. The van der Waals surface area contributed by atoms with Gasteiger partial charge in [-0.15, -0.1) is 0 Å². The number of hydrogen-bond acceptors (Lipinski definition) is 11. The molecule has 0 amide bonds. The van der Waals surface area contributed by atoms with Crippen LogP contribution in [0.5, 0.6) is 0 Å². The molecule has 1 aliphatic heterocycles. The predicted molar refractivity (Wildman–Crippen MR) is 313 cm³/mol. The van der Waals surface area contributed by atoms with Crippen LogP contribution >= 0.6 is 0 Å². The number of aliphatic carboxylic acids is 1. The van der Waals surface area contributed by atoms with Gasteiger partial charge in [-0.3, -0.25) is 14.4 Å². The van der Waals surface area contributed by atoms with Gasteiger partial charge >= 0.3 is 23.9 Å².